The third kappa shape index (κ3) is 4.06. The molecule has 0 aliphatic carbocycles. The van der Waals surface area contributed by atoms with Crippen molar-refractivity contribution in [3.05, 3.63) is 44.8 Å². The molecule has 0 atom stereocenters. The van der Waals surface area contributed by atoms with Gasteiger partial charge in [-0.3, -0.25) is 4.79 Å². The van der Waals surface area contributed by atoms with E-state index in [9.17, 15) is 9.59 Å². The van der Waals surface area contributed by atoms with E-state index in [1.54, 1.807) is 12.1 Å². The Labute approximate surface area is 127 Å². The Kier molecular flexibility index (Phi) is 4.98. The predicted molar refractivity (Wildman–Crippen MR) is 82.6 cm³/mol. The van der Waals surface area contributed by atoms with Crippen LogP contribution in [-0.2, 0) is 11.3 Å². The van der Waals surface area contributed by atoms with Crippen molar-refractivity contribution in [3.63, 3.8) is 0 Å². The zero-order valence-electron chi connectivity index (χ0n) is 12.0. The number of carbonyl (C=O) groups is 1. The van der Waals surface area contributed by atoms with E-state index in [-0.39, 0.29) is 11.5 Å². The van der Waals surface area contributed by atoms with E-state index in [2.05, 4.69) is 10.6 Å². The molecule has 2 N–H and O–H groups in total. The van der Waals surface area contributed by atoms with E-state index in [1.807, 2.05) is 6.92 Å². The van der Waals surface area contributed by atoms with E-state index in [1.165, 1.54) is 13.0 Å². The first-order valence-electron chi connectivity index (χ1n) is 6.65. The maximum absolute atomic E-state index is 11.6. The molecule has 1 heterocycles. The molecule has 2 aromatic rings. The molecule has 1 aromatic heterocycles. The van der Waals surface area contributed by atoms with Gasteiger partial charge in [-0.25, -0.2) is 4.79 Å². The summed E-state index contributed by atoms with van der Waals surface area (Å²) in [6, 6.07) is 5.03. The molecule has 5 nitrogen and oxygen atoms in total. The summed E-state index contributed by atoms with van der Waals surface area (Å²) in [5.74, 6) is -0.0649. The maximum atomic E-state index is 11.6. The molecule has 1 amide bonds. The Morgan fingerprint density at radius 1 is 1.29 bits per heavy atom. The normalized spacial score (nSPS) is 10.8. The Bertz CT molecular complexity index is 725. The number of benzene rings is 1. The average molecular weight is 309 g/mol. The lowest BCUT2D eigenvalue weighted by Crippen LogP contribution is -2.30. The van der Waals surface area contributed by atoms with Crippen molar-refractivity contribution >= 4 is 28.5 Å². The number of hydrogen-bond acceptors (Lipinski definition) is 4. The van der Waals surface area contributed by atoms with Crippen LogP contribution in [0.1, 0.15) is 18.1 Å². The summed E-state index contributed by atoms with van der Waals surface area (Å²) in [6.07, 6.45) is 0. The van der Waals surface area contributed by atoms with Gasteiger partial charge in [0, 0.05) is 43.0 Å². The molecular weight excluding hydrogens is 292 g/mol. The highest BCUT2D eigenvalue weighted by Crippen LogP contribution is 2.25. The molecule has 0 saturated carbocycles. The lowest BCUT2D eigenvalue weighted by Gasteiger charge is -2.09. The summed E-state index contributed by atoms with van der Waals surface area (Å²) in [5.41, 5.74) is 1.83. The summed E-state index contributed by atoms with van der Waals surface area (Å²) >= 11 is 6.13. The molecule has 0 radical (unpaired) electrons. The minimum atomic E-state index is -0.386. The van der Waals surface area contributed by atoms with Gasteiger partial charge in [-0.15, -0.1) is 0 Å². The van der Waals surface area contributed by atoms with Gasteiger partial charge in [-0.05, 0) is 30.2 Å². The van der Waals surface area contributed by atoms with Gasteiger partial charge in [0.05, 0.1) is 0 Å². The van der Waals surface area contributed by atoms with Gasteiger partial charge in [0.25, 0.3) is 0 Å². The summed E-state index contributed by atoms with van der Waals surface area (Å²) in [6.45, 7) is 4.98. The number of hydrogen-bond donors (Lipinski definition) is 2. The molecule has 0 fully saturated rings. The van der Waals surface area contributed by atoms with Crippen molar-refractivity contribution in [1.29, 1.82) is 0 Å². The second-order valence-corrected chi connectivity index (χ2v) is 5.26. The first-order chi connectivity index (χ1) is 9.97. The molecule has 0 aliphatic heterocycles. The second kappa shape index (κ2) is 6.74. The van der Waals surface area contributed by atoms with E-state index >= 15 is 0 Å². The lowest BCUT2D eigenvalue weighted by atomic mass is 10.1. The molecule has 0 saturated heterocycles. The Balaban J connectivity index is 2.17. The molecule has 0 aliphatic rings. The summed E-state index contributed by atoms with van der Waals surface area (Å²) in [5, 5.41) is 7.32. The SMILES string of the molecule is CC(=O)NCCNCc1cc(=O)oc2cc(C)c(Cl)cc12. The molecule has 6 heteroatoms. The average Bonchev–Trinajstić information content (AvgIpc) is 2.40. The van der Waals surface area contributed by atoms with Crippen molar-refractivity contribution in [2.75, 3.05) is 13.1 Å². The van der Waals surface area contributed by atoms with Gasteiger partial charge < -0.3 is 15.1 Å². The number of fused-ring (bicyclic) bond motifs is 1. The highest BCUT2D eigenvalue weighted by Gasteiger charge is 2.08. The van der Waals surface area contributed by atoms with Gasteiger partial charge in [-0.2, -0.15) is 0 Å². The summed E-state index contributed by atoms with van der Waals surface area (Å²) in [4.78, 5) is 22.4. The first-order valence-corrected chi connectivity index (χ1v) is 7.03. The van der Waals surface area contributed by atoms with Crippen LogP contribution >= 0.6 is 11.6 Å². The number of rotatable bonds is 5. The fourth-order valence-corrected chi connectivity index (χ4v) is 2.21. The van der Waals surface area contributed by atoms with Gasteiger partial charge in [0.15, 0.2) is 0 Å². The Morgan fingerprint density at radius 2 is 2.05 bits per heavy atom. The zero-order valence-corrected chi connectivity index (χ0v) is 12.7. The van der Waals surface area contributed by atoms with Crippen LogP contribution in [0.3, 0.4) is 0 Å². The molecule has 0 unspecified atom stereocenters. The quantitative estimate of drug-likeness (QED) is 0.654. The van der Waals surface area contributed by atoms with E-state index in [4.69, 9.17) is 16.0 Å². The van der Waals surface area contributed by atoms with E-state index in [0.717, 1.165) is 16.5 Å². The van der Waals surface area contributed by atoms with Crippen LogP contribution < -0.4 is 16.3 Å². The smallest absolute Gasteiger partial charge is 0.336 e. The molecule has 21 heavy (non-hydrogen) atoms. The van der Waals surface area contributed by atoms with Crippen LogP contribution in [-0.4, -0.2) is 19.0 Å². The van der Waals surface area contributed by atoms with Crippen LogP contribution in [0, 0.1) is 6.92 Å². The fraction of sp³-hybridized carbons (Fsp3) is 0.333. The number of aryl methyl sites for hydroxylation is 1. The van der Waals surface area contributed by atoms with E-state index < -0.39 is 0 Å². The molecular formula is C15H17ClN2O3. The third-order valence-corrected chi connectivity index (χ3v) is 3.51. The topological polar surface area (TPSA) is 71.3 Å². The van der Waals surface area contributed by atoms with Crippen LogP contribution in [0.5, 0.6) is 0 Å². The van der Waals surface area contributed by atoms with Crippen molar-refractivity contribution in [1.82, 2.24) is 10.6 Å². The molecule has 0 spiro atoms. The lowest BCUT2D eigenvalue weighted by molar-refractivity contribution is -0.118. The fourth-order valence-electron chi connectivity index (χ4n) is 2.04. The zero-order chi connectivity index (χ0) is 15.4. The number of nitrogens with one attached hydrogen (secondary N) is 2. The minimum Gasteiger partial charge on any atom is -0.423 e. The van der Waals surface area contributed by atoms with Gasteiger partial charge in [0.2, 0.25) is 5.91 Å². The van der Waals surface area contributed by atoms with Gasteiger partial charge in [-0.1, -0.05) is 11.6 Å². The predicted octanol–water partition coefficient (Wildman–Crippen LogP) is 1.98. The third-order valence-electron chi connectivity index (χ3n) is 3.10. The molecule has 0 bridgehead atoms. The highest BCUT2D eigenvalue weighted by molar-refractivity contribution is 6.32. The van der Waals surface area contributed by atoms with Crippen LogP contribution in [0.4, 0.5) is 0 Å². The first kappa shape index (κ1) is 15.5. The standard InChI is InChI=1S/C15H17ClN2O3/c1-9-5-14-12(7-13(9)16)11(6-15(20)21-14)8-17-3-4-18-10(2)19/h5-7,17H,3-4,8H2,1-2H3,(H,18,19). The molecule has 2 rings (SSSR count). The van der Waals surface area contributed by atoms with Crippen molar-refractivity contribution in [2.24, 2.45) is 0 Å². The Hall–Kier alpha value is -1.85. The molecule has 1 aromatic carbocycles. The maximum Gasteiger partial charge on any atom is 0.336 e. The largest absolute Gasteiger partial charge is 0.423 e. The monoisotopic (exact) mass is 308 g/mol. The van der Waals surface area contributed by atoms with Crippen LogP contribution in [0.15, 0.2) is 27.4 Å². The number of halogens is 1. The molecule has 112 valence electrons. The number of carbonyl (C=O) groups excluding carboxylic acids is 1. The van der Waals surface area contributed by atoms with Crippen molar-refractivity contribution in [2.45, 2.75) is 20.4 Å². The van der Waals surface area contributed by atoms with Crippen LogP contribution in [0.25, 0.3) is 11.0 Å². The summed E-state index contributed by atoms with van der Waals surface area (Å²) < 4.78 is 5.20. The van der Waals surface area contributed by atoms with Crippen molar-refractivity contribution < 1.29 is 9.21 Å². The Morgan fingerprint density at radius 3 is 2.76 bits per heavy atom. The van der Waals surface area contributed by atoms with Crippen LogP contribution in [0.2, 0.25) is 5.02 Å². The van der Waals surface area contributed by atoms with Gasteiger partial charge >= 0.3 is 5.63 Å². The number of amides is 1. The highest BCUT2D eigenvalue weighted by atomic mass is 35.5. The second-order valence-electron chi connectivity index (χ2n) is 4.85. The van der Waals surface area contributed by atoms with Gasteiger partial charge in [0.1, 0.15) is 5.58 Å². The van der Waals surface area contributed by atoms with E-state index in [0.29, 0.717) is 30.2 Å². The summed E-state index contributed by atoms with van der Waals surface area (Å²) in [7, 11) is 0. The van der Waals surface area contributed by atoms with Crippen molar-refractivity contribution in [3.8, 4) is 0 Å². The minimum absolute atomic E-state index is 0.0649.